The first-order valence-corrected chi connectivity index (χ1v) is 34.6. The Kier molecular flexibility index (Phi) is 64.4. The maximum Gasteiger partial charge on any atom is 0.305 e. The molecular weight excluding hydrogens is 935 g/mol. The lowest BCUT2D eigenvalue weighted by Crippen LogP contribution is -2.45. The average molecular weight is 1070 g/mol. The van der Waals surface area contributed by atoms with Gasteiger partial charge in [-0.05, 0) is 57.8 Å². The van der Waals surface area contributed by atoms with E-state index < -0.39 is 12.1 Å². The number of ether oxygens (including phenoxy) is 1. The van der Waals surface area contributed by atoms with Gasteiger partial charge in [0.05, 0.1) is 25.4 Å². The van der Waals surface area contributed by atoms with E-state index in [2.05, 4.69) is 31.3 Å². The summed E-state index contributed by atoms with van der Waals surface area (Å²) in [5.41, 5.74) is 0. The lowest BCUT2D eigenvalue weighted by atomic mass is 10.0. The van der Waals surface area contributed by atoms with Crippen LogP contribution >= 0.6 is 0 Å². The van der Waals surface area contributed by atoms with Gasteiger partial charge in [-0.15, -0.1) is 0 Å². The van der Waals surface area contributed by atoms with E-state index in [1.165, 1.54) is 315 Å². The first-order valence-electron chi connectivity index (χ1n) is 34.6. The molecule has 0 aromatic carbocycles. The molecule has 0 aliphatic carbocycles. The van der Waals surface area contributed by atoms with Crippen molar-refractivity contribution in [1.29, 1.82) is 0 Å². The van der Waals surface area contributed by atoms with Crippen LogP contribution in [-0.4, -0.2) is 47.4 Å². The fourth-order valence-electron chi connectivity index (χ4n) is 10.9. The summed E-state index contributed by atoms with van der Waals surface area (Å²) in [6.45, 7) is 4.93. The van der Waals surface area contributed by atoms with E-state index >= 15 is 0 Å². The minimum absolute atomic E-state index is 0.0114. The number of hydrogen-bond acceptors (Lipinski definition) is 5. The minimum atomic E-state index is -0.850. The zero-order chi connectivity index (χ0) is 55.0. The van der Waals surface area contributed by atoms with Crippen LogP contribution in [0.5, 0.6) is 0 Å². The number of hydrogen-bond donors (Lipinski definition) is 3. The third-order valence-corrected chi connectivity index (χ3v) is 16.2. The molecule has 0 rings (SSSR count). The molecule has 0 saturated carbocycles. The van der Waals surface area contributed by atoms with Crippen LogP contribution in [0, 0.1) is 0 Å². The predicted octanol–water partition coefficient (Wildman–Crippen LogP) is 22.1. The van der Waals surface area contributed by atoms with Crippen molar-refractivity contribution >= 4 is 11.9 Å². The molecule has 0 aliphatic rings. The Morgan fingerprint density at radius 3 is 0.934 bits per heavy atom. The van der Waals surface area contributed by atoms with Gasteiger partial charge >= 0.3 is 5.97 Å². The highest BCUT2D eigenvalue weighted by Crippen LogP contribution is 2.18. The van der Waals surface area contributed by atoms with Crippen LogP contribution in [0.4, 0.5) is 0 Å². The molecule has 0 saturated heterocycles. The fourth-order valence-corrected chi connectivity index (χ4v) is 10.9. The monoisotopic (exact) mass is 1070 g/mol. The molecule has 2 atom stereocenters. The second-order valence-corrected chi connectivity index (χ2v) is 23.9. The SMILES string of the molecule is CCCCCCCCCCCCCCCCCCCCCCCCC/C=C/C(O)C(CO)NC(=O)CCCCCCCCC/C=C\CCCCCCCCCCCCCCOC(=O)CCCCCCCCCCCCC. The van der Waals surface area contributed by atoms with Gasteiger partial charge in [-0.3, -0.25) is 9.59 Å². The lowest BCUT2D eigenvalue weighted by Gasteiger charge is -2.20. The van der Waals surface area contributed by atoms with E-state index in [0.717, 1.165) is 44.9 Å². The summed E-state index contributed by atoms with van der Waals surface area (Å²) >= 11 is 0. The number of rotatable bonds is 65. The summed E-state index contributed by atoms with van der Waals surface area (Å²) in [4.78, 5) is 24.5. The molecule has 2 unspecified atom stereocenters. The Hall–Kier alpha value is -1.66. The largest absolute Gasteiger partial charge is 0.466 e. The van der Waals surface area contributed by atoms with Crippen LogP contribution < -0.4 is 5.32 Å². The number of allylic oxidation sites excluding steroid dienone is 3. The Morgan fingerprint density at radius 2 is 0.618 bits per heavy atom. The average Bonchev–Trinajstić information content (AvgIpc) is 3.42. The van der Waals surface area contributed by atoms with Gasteiger partial charge in [-0.2, -0.15) is 0 Å². The number of carbonyl (C=O) groups excluding carboxylic acids is 2. The molecule has 3 N–H and O–H groups in total. The van der Waals surface area contributed by atoms with Crippen LogP contribution in [0.2, 0.25) is 0 Å². The Bertz CT molecular complexity index is 1190. The van der Waals surface area contributed by atoms with Crippen molar-refractivity contribution in [3.05, 3.63) is 24.3 Å². The summed E-state index contributed by atoms with van der Waals surface area (Å²) in [5.74, 6) is -0.0585. The highest BCUT2D eigenvalue weighted by Gasteiger charge is 2.18. The third kappa shape index (κ3) is 61.6. The van der Waals surface area contributed by atoms with E-state index in [4.69, 9.17) is 4.74 Å². The van der Waals surface area contributed by atoms with Gasteiger partial charge < -0.3 is 20.3 Å². The van der Waals surface area contributed by atoms with E-state index in [0.29, 0.717) is 19.4 Å². The van der Waals surface area contributed by atoms with Crippen molar-refractivity contribution in [2.75, 3.05) is 13.2 Å². The molecule has 0 aliphatic heterocycles. The molecule has 0 radical (unpaired) electrons. The molecule has 0 fully saturated rings. The zero-order valence-corrected chi connectivity index (χ0v) is 51.5. The molecule has 0 spiro atoms. The maximum atomic E-state index is 12.5. The van der Waals surface area contributed by atoms with Gasteiger partial charge in [0.25, 0.3) is 0 Å². The van der Waals surface area contributed by atoms with Gasteiger partial charge in [-0.25, -0.2) is 0 Å². The molecule has 450 valence electrons. The minimum Gasteiger partial charge on any atom is -0.466 e. The lowest BCUT2D eigenvalue weighted by molar-refractivity contribution is -0.143. The summed E-state index contributed by atoms with van der Waals surface area (Å²) in [5, 5.41) is 23.3. The first kappa shape index (κ1) is 74.3. The van der Waals surface area contributed by atoms with E-state index in [1.807, 2.05) is 6.08 Å². The molecule has 6 heteroatoms. The summed E-state index contributed by atoms with van der Waals surface area (Å²) in [6, 6.07) is -0.634. The second kappa shape index (κ2) is 65.9. The molecule has 0 bridgehead atoms. The standard InChI is InChI=1S/C70H135NO5/c1-3-5-7-9-11-13-15-16-17-18-19-20-21-22-24-27-30-33-36-39-43-46-50-54-58-62-68(73)67(66-72)71-69(74)63-59-55-51-47-44-40-37-34-31-28-25-23-26-29-32-35-38-41-45-49-53-57-61-65-76-70(75)64-60-56-52-48-42-14-12-10-8-6-4-2/h28,31,58,62,67-68,72-73H,3-27,29-30,32-57,59-61,63-66H2,1-2H3,(H,71,74)/b31-28-,62-58+. The van der Waals surface area contributed by atoms with Crippen molar-refractivity contribution in [3.8, 4) is 0 Å². The summed E-state index contributed by atoms with van der Waals surface area (Å²) in [7, 11) is 0. The Balaban J connectivity index is 3.44. The topological polar surface area (TPSA) is 95.9 Å². The van der Waals surface area contributed by atoms with Crippen molar-refractivity contribution < 1.29 is 24.5 Å². The van der Waals surface area contributed by atoms with Crippen LogP contribution in [-0.2, 0) is 14.3 Å². The molecule has 6 nitrogen and oxygen atoms in total. The quantitative estimate of drug-likeness (QED) is 0.0320. The van der Waals surface area contributed by atoms with Crippen molar-refractivity contribution in [3.63, 3.8) is 0 Å². The fraction of sp³-hybridized carbons (Fsp3) is 0.914. The van der Waals surface area contributed by atoms with Crippen molar-refractivity contribution in [2.45, 2.75) is 398 Å². The van der Waals surface area contributed by atoms with Crippen molar-refractivity contribution in [1.82, 2.24) is 5.32 Å². The van der Waals surface area contributed by atoms with Gasteiger partial charge in [0.15, 0.2) is 0 Å². The molecule has 0 aromatic heterocycles. The normalized spacial score (nSPS) is 12.6. The smallest absolute Gasteiger partial charge is 0.305 e. The second-order valence-electron chi connectivity index (χ2n) is 23.9. The highest BCUT2D eigenvalue weighted by molar-refractivity contribution is 5.76. The number of aliphatic hydroxyl groups is 2. The van der Waals surface area contributed by atoms with Crippen molar-refractivity contribution in [2.24, 2.45) is 0 Å². The van der Waals surface area contributed by atoms with Crippen LogP contribution in [0.25, 0.3) is 0 Å². The number of unbranched alkanes of at least 4 members (excludes halogenated alkanes) is 52. The first-order chi connectivity index (χ1) is 37.5. The van der Waals surface area contributed by atoms with E-state index in [1.54, 1.807) is 6.08 Å². The number of carbonyl (C=O) groups is 2. The molecule has 76 heavy (non-hydrogen) atoms. The van der Waals surface area contributed by atoms with Gasteiger partial charge in [0, 0.05) is 12.8 Å². The van der Waals surface area contributed by atoms with Crippen LogP contribution in [0.15, 0.2) is 24.3 Å². The highest BCUT2D eigenvalue weighted by atomic mass is 16.5. The molecule has 0 aromatic rings. The summed E-state index contributed by atoms with van der Waals surface area (Å²) < 4.78 is 5.47. The van der Waals surface area contributed by atoms with Gasteiger partial charge in [0.2, 0.25) is 5.91 Å². The predicted molar refractivity (Wildman–Crippen MR) is 333 cm³/mol. The number of aliphatic hydroxyl groups excluding tert-OH is 2. The van der Waals surface area contributed by atoms with E-state index in [-0.39, 0.29) is 18.5 Å². The Labute approximate surface area is 475 Å². The molecular formula is C70H135NO5. The molecule has 0 heterocycles. The van der Waals surface area contributed by atoms with Crippen LogP contribution in [0.3, 0.4) is 0 Å². The number of amides is 1. The third-order valence-electron chi connectivity index (χ3n) is 16.2. The number of nitrogens with one attached hydrogen (secondary N) is 1. The zero-order valence-electron chi connectivity index (χ0n) is 51.5. The number of esters is 1. The summed E-state index contributed by atoms with van der Waals surface area (Å²) in [6.07, 6.45) is 82.5. The Morgan fingerprint density at radius 1 is 0.355 bits per heavy atom. The van der Waals surface area contributed by atoms with Gasteiger partial charge in [0.1, 0.15) is 0 Å². The maximum absolute atomic E-state index is 12.5. The van der Waals surface area contributed by atoms with Gasteiger partial charge in [-0.1, -0.05) is 340 Å². The molecule has 1 amide bonds. The van der Waals surface area contributed by atoms with E-state index in [9.17, 15) is 19.8 Å². The van der Waals surface area contributed by atoms with Crippen LogP contribution in [0.1, 0.15) is 386 Å².